The molecule has 1 heterocycles. The molecule has 4 rings (SSSR count). The van der Waals surface area contributed by atoms with Gasteiger partial charge in [0.25, 0.3) is 5.91 Å². The number of likely N-dealkylation sites (N-methyl/N-ethyl adjacent to an activating group) is 1. The SMILES string of the molecule is COc1ccc(/N=C2/S/C(=C\c3cccc(-c4ccc(Cl)cc4)c3)C(=O)N2C)cc1. The minimum atomic E-state index is -0.0656. The van der Waals surface area contributed by atoms with Gasteiger partial charge in [-0.15, -0.1) is 0 Å². The van der Waals surface area contributed by atoms with E-state index in [-0.39, 0.29) is 5.91 Å². The van der Waals surface area contributed by atoms with Gasteiger partial charge in [-0.25, -0.2) is 4.99 Å². The smallest absolute Gasteiger partial charge is 0.266 e. The summed E-state index contributed by atoms with van der Waals surface area (Å²) in [6.07, 6.45) is 1.90. The van der Waals surface area contributed by atoms with Crippen LogP contribution >= 0.6 is 23.4 Å². The molecule has 1 amide bonds. The summed E-state index contributed by atoms with van der Waals surface area (Å²) in [5.74, 6) is 0.702. The van der Waals surface area contributed by atoms with Gasteiger partial charge in [-0.3, -0.25) is 9.69 Å². The lowest BCUT2D eigenvalue weighted by atomic mass is 10.0. The van der Waals surface area contributed by atoms with Crippen LogP contribution in [0.25, 0.3) is 17.2 Å². The number of methoxy groups -OCH3 is 1. The second-order valence-corrected chi connectivity index (χ2v) is 8.15. The molecule has 0 radical (unpaired) electrons. The average molecular weight is 435 g/mol. The Labute approximate surface area is 184 Å². The Kier molecular flexibility index (Phi) is 5.93. The van der Waals surface area contributed by atoms with Crippen LogP contribution < -0.4 is 4.74 Å². The molecule has 3 aromatic rings. The summed E-state index contributed by atoms with van der Waals surface area (Å²) in [6, 6.07) is 23.2. The minimum absolute atomic E-state index is 0.0656. The molecule has 0 saturated carbocycles. The summed E-state index contributed by atoms with van der Waals surface area (Å²) < 4.78 is 5.17. The molecule has 1 saturated heterocycles. The number of ether oxygens (including phenoxy) is 1. The molecular formula is C24H19ClN2O2S. The van der Waals surface area contributed by atoms with Crippen molar-refractivity contribution >= 4 is 46.2 Å². The average Bonchev–Trinajstić information content (AvgIpc) is 3.03. The summed E-state index contributed by atoms with van der Waals surface area (Å²) >= 11 is 7.36. The predicted octanol–water partition coefficient (Wildman–Crippen LogP) is 6.25. The van der Waals surface area contributed by atoms with E-state index in [1.807, 2.05) is 72.8 Å². The molecule has 6 heteroatoms. The number of hydrogen-bond donors (Lipinski definition) is 0. The van der Waals surface area contributed by atoms with E-state index in [1.165, 1.54) is 11.8 Å². The topological polar surface area (TPSA) is 41.9 Å². The van der Waals surface area contributed by atoms with Gasteiger partial charge >= 0.3 is 0 Å². The first-order valence-corrected chi connectivity index (χ1v) is 10.5. The van der Waals surface area contributed by atoms with Crippen molar-refractivity contribution in [2.24, 2.45) is 4.99 Å². The Hall–Kier alpha value is -3.02. The Bertz CT molecular complexity index is 1140. The van der Waals surface area contributed by atoms with Crippen molar-refractivity contribution in [2.45, 2.75) is 0 Å². The Morgan fingerprint density at radius 1 is 1.00 bits per heavy atom. The quantitative estimate of drug-likeness (QED) is 0.456. The largest absolute Gasteiger partial charge is 0.497 e. The van der Waals surface area contributed by atoms with Gasteiger partial charge < -0.3 is 4.74 Å². The van der Waals surface area contributed by atoms with E-state index in [0.717, 1.165) is 28.1 Å². The molecule has 0 spiro atoms. The van der Waals surface area contributed by atoms with E-state index in [2.05, 4.69) is 11.1 Å². The normalized spacial score (nSPS) is 16.5. The molecule has 0 atom stereocenters. The monoisotopic (exact) mass is 434 g/mol. The second-order valence-electron chi connectivity index (χ2n) is 6.70. The van der Waals surface area contributed by atoms with Crippen LogP contribution in [0.3, 0.4) is 0 Å². The number of halogens is 1. The van der Waals surface area contributed by atoms with E-state index >= 15 is 0 Å². The minimum Gasteiger partial charge on any atom is -0.497 e. The highest BCUT2D eigenvalue weighted by Crippen LogP contribution is 2.34. The van der Waals surface area contributed by atoms with Crippen molar-refractivity contribution in [3.05, 3.63) is 88.3 Å². The number of benzene rings is 3. The molecule has 1 aliphatic heterocycles. The summed E-state index contributed by atoms with van der Waals surface area (Å²) in [6.45, 7) is 0. The van der Waals surface area contributed by atoms with Crippen molar-refractivity contribution in [3.63, 3.8) is 0 Å². The molecule has 30 heavy (non-hydrogen) atoms. The van der Waals surface area contributed by atoms with Gasteiger partial charge in [-0.1, -0.05) is 41.9 Å². The maximum atomic E-state index is 12.7. The number of aliphatic imine (C=N–C) groups is 1. The van der Waals surface area contributed by atoms with Gasteiger partial charge in [0.2, 0.25) is 0 Å². The maximum absolute atomic E-state index is 12.7. The molecule has 150 valence electrons. The van der Waals surface area contributed by atoms with E-state index in [9.17, 15) is 4.79 Å². The van der Waals surface area contributed by atoms with Crippen LogP contribution in [0.4, 0.5) is 5.69 Å². The zero-order chi connectivity index (χ0) is 21.1. The van der Waals surface area contributed by atoms with Crippen LogP contribution in [-0.2, 0) is 4.79 Å². The number of carbonyl (C=O) groups is 1. The van der Waals surface area contributed by atoms with Gasteiger partial charge in [0.15, 0.2) is 5.17 Å². The van der Waals surface area contributed by atoms with Crippen LogP contribution in [0, 0.1) is 0 Å². The summed E-state index contributed by atoms with van der Waals surface area (Å²) in [5, 5.41) is 1.35. The highest BCUT2D eigenvalue weighted by molar-refractivity contribution is 8.18. The third-order valence-electron chi connectivity index (χ3n) is 4.66. The summed E-state index contributed by atoms with van der Waals surface area (Å²) in [4.78, 5) is 19.5. The van der Waals surface area contributed by atoms with Gasteiger partial charge in [0.05, 0.1) is 17.7 Å². The van der Waals surface area contributed by atoms with E-state index in [0.29, 0.717) is 15.1 Å². The number of nitrogens with zero attached hydrogens (tertiary/aromatic N) is 2. The Morgan fingerprint density at radius 2 is 1.73 bits per heavy atom. The van der Waals surface area contributed by atoms with Crippen molar-refractivity contribution in [2.75, 3.05) is 14.2 Å². The fourth-order valence-electron chi connectivity index (χ4n) is 3.02. The van der Waals surface area contributed by atoms with Gasteiger partial charge in [0, 0.05) is 12.1 Å². The van der Waals surface area contributed by atoms with E-state index in [1.54, 1.807) is 19.1 Å². The highest BCUT2D eigenvalue weighted by atomic mass is 35.5. The lowest BCUT2D eigenvalue weighted by Crippen LogP contribution is -2.23. The number of amides is 1. The predicted molar refractivity (Wildman–Crippen MR) is 125 cm³/mol. The molecule has 1 fully saturated rings. The van der Waals surface area contributed by atoms with Crippen LogP contribution in [0.2, 0.25) is 5.02 Å². The molecule has 0 N–H and O–H groups in total. The van der Waals surface area contributed by atoms with Crippen LogP contribution in [0.15, 0.2) is 82.7 Å². The fraction of sp³-hybridized carbons (Fsp3) is 0.0833. The molecule has 0 unspecified atom stereocenters. The first-order valence-electron chi connectivity index (χ1n) is 9.30. The standard InChI is InChI=1S/C24H19ClN2O2S/c1-27-23(28)22(30-24(27)26-20-10-12-21(29-2)13-11-20)15-16-4-3-5-18(14-16)17-6-8-19(25)9-7-17/h3-15H,1-2H3/b22-15-,26-24+. The Morgan fingerprint density at radius 3 is 2.43 bits per heavy atom. The zero-order valence-corrected chi connectivity index (χ0v) is 18.1. The van der Waals surface area contributed by atoms with Gasteiger partial charge in [0.1, 0.15) is 5.75 Å². The molecular weight excluding hydrogens is 416 g/mol. The van der Waals surface area contributed by atoms with Crippen molar-refractivity contribution in [1.82, 2.24) is 4.90 Å². The van der Waals surface area contributed by atoms with Crippen molar-refractivity contribution in [3.8, 4) is 16.9 Å². The van der Waals surface area contributed by atoms with E-state index < -0.39 is 0 Å². The molecule has 3 aromatic carbocycles. The van der Waals surface area contributed by atoms with E-state index in [4.69, 9.17) is 16.3 Å². The van der Waals surface area contributed by atoms with Crippen molar-refractivity contribution < 1.29 is 9.53 Å². The first-order chi connectivity index (χ1) is 14.5. The summed E-state index contributed by atoms with van der Waals surface area (Å²) in [5.41, 5.74) is 3.86. The van der Waals surface area contributed by atoms with Gasteiger partial charge in [-0.2, -0.15) is 0 Å². The molecule has 0 bridgehead atoms. The third kappa shape index (κ3) is 4.42. The fourth-order valence-corrected chi connectivity index (χ4v) is 4.13. The van der Waals surface area contributed by atoms with Crippen molar-refractivity contribution in [1.29, 1.82) is 0 Å². The molecule has 1 aliphatic rings. The summed E-state index contributed by atoms with van der Waals surface area (Å²) in [7, 11) is 3.36. The molecule has 4 nitrogen and oxygen atoms in total. The number of amidine groups is 1. The number of carbonyl (C=O) groups excluding carboxylic acids is 1. The van der Waals surface area contributed by atoms with Crippen LogP contribution in [0.1, 0.15) is 5.56 Å². The lowest BCUT2D eigenvalue weighted by Gasteiger charge is -2.07. The van der Waals surface area contributed by atoms with Crippen LogP contribution in [0.5, 0.6) is 5.75 Å². The lowest BCUT2D eigenvalue weighted by molar-refractivity contribution is -0.121. The number of thioether (sulfide) groups is 1. The Balaban J connectivity index is 1.59. The highest BCUT2D eigenvalue weighted by Gasteiger charge is 2.30. The van der Waals surface area contributed by atoms with Gasteiger partial charge in [-0.05, 0) is 77.0 Å². The zero-order valence-electron chi connectivity index (χ0n) is 16.5. The number of rotatable bonds is 4. The number of hydrogen-bond acceptors (Lipinski definition) is 4. The maximum Gasteiger partial charge on any atom is 0.266 e. The molecule has 0 aliphatic carbocycles. The second kappa shape index (κ2) is 8.78. The van der Waals surface area contributed by atoms with Crippen LogP contribution in [-0.4, -0.2) is 30.1 Å². The first kappa shape index (κ1) is 20.3. The molecule has 0 aromatic heterocycles. The third-order valence-corrected chi connectivity index (χ3v) is 5.97.